The lowest BCUT2D eigenvalue weighted by Crippen LogP contribution is -2.40. The summed E-state index contributed by atoms with van der Waals surface area (Å²) in [4.78, 5) is 2.50. The van der Waals surface area contributed by atoms with E-state index in [-0.39, 0.29) is 0 Å². The summed E-state index contributed by atoms with van der Waals surface area (Å²) in [5.74, 6) is 2.02. The predicted octanol–water partition coefficient (Wildman–Crippen LogP) is 0.393. The van der Waals surface area contributed by atoms with Gasteiger partial charge in [0.1, 0.15) is 11.6 Å². The Morgan fingerprint density at radius 3 is 2.75 bits per heavy atom. The van der Waals surface area contributed by atoms with Gasteiger partial charge in [0, 0.05) is 19.0 Å². The van der Waals surface area contributed by atoms with Crippen molar-refractivity contribution < 1.29 is 0 Å². The van der Waals surface area contributed by atoms with Crippen LogP contribution in [0.2, 0.25) is 0 Å². The molecule has 1 aliphatic rings. The molecular weight excluding hydrogens is 202 g/mol. The standard InChI is InChI=1S/C11H21N5/c1-3-15(4-2)9-5-6-16-10(7-9)13-14-11(16)8-12/h9H,3-8,12H2,1-2H3. The Hall–Kier alpha value is -0.940. The van der Waals surface area contributed by atoms with Crippen molar-refractivity contribution in [2.45, 2.75) is 45.8 Å². The molecule has 0 fully saturated rings. The van der Waals surface area contributed by atoms with Crippen LogP contribution in [0, 0.1) is 0 Å². The van der Waals surface area contributed by atoms with Crippen molar-refractivity contribution in [1.29, 1.82) is 0 Å². The molecule has 16 heavy (non-hydrogen) atoms. The highest BCUT2D eigenvalue weighted by Crippen LogP contribution is 2.19. The molecule has 0 aliphatic carbocycles. The first kappa shape index (κ1) is 11.5. The number of fused-ring (bicyclic) bond motifs is 1. The van der Waals surface area contributed by atoms with Gasteiger partial charge in [-0.05, 0) is 19.5 Å². The highest BCUT2D eigenvalue weighted by molar-refractivity contribution is 5.02. The van der Waals surface area contributed by atoms with E-state index >= 15 is 0 Å². The number of likely N-dealkylation sites (N-methyl/N-ethyl adjacent to an activating group) is 1. The fourth-order valence-corrected chi connectivity index (χ4v) is 2.58. The maximum absolute atomic E-state index is 5.63. The smallest absolute Gasteiger partial charge is 0.146 e. The average Bonchev–Trinajstić information content (AvgIpc) is 2.73. The zero-order valence-electron chi connectivity index (χ0n) is 10.2. The third-order valence-corrected chi connectivity index (χ3v) is 3.52. The van der Waals surface area contributed by atoms with Gasteiger partial charge in [0.25, 0.3) is 0 Å². The monoisotopic (exact) mass is 223 g/mol. The molecule has 0 bridgehead atoms. The summed E-state index contributed by atoms with van der Waals surface area (Å²) >= 11 is 0. The molecule has 1 unspecified atom stereocenters. The molecule has 0 saturated heterocycles. The van der Waals surface area contributed by atoms with Crippen molar-refractivity contribution in [3.63, 3.8) is 0 Å². The van der Waals surface area contributed by atoms with Gasteiger partial charge in [0.2, 0.25) is 0 Å². The number of hydrogen-bond donors (Lipinski definition) is 1. The van der Waals surface area contributed by atoms with Gasteiger partial charge in [-0.25, -0.2) is 0 Å². The van der Waals surface area contributed by atoms with E-state index in [2.05, 4.69) is 33.5 Å². The molecule has 2 heterocycles. The van der Waals surface area contributed by atoms with Crippen LogP contribution in [0.15, 0.2) is 0 Å². The van der Waals surface area contributed by atoms with Crippen LogP contribution >= 0.6 is 0 Å². The highest BCUT2D eigenvalue weighted by atomic mass is 15.3. The molecule has 2 rings (SSSR count). The molecule has 90 valence electrons. The molecule has 0 saturated carbocycles. The van der Waals surface area contributed by atoms with E-state index < -0.39 is 0 Å². The number of nitrogens with zero attached hydrogens (tertiary/aromatic N) is 4. The molecule has 5 heteroatoms. The largest absolute Gasteiger partial charge is 0.324 e. The zero-order valence-corrected chi connectivity index (χ0v) is 10.2. The summed E-state index contributed by atoms with van der Waals surface area (Å²) in [6.45, 7) is 8.15. The van der Waals surface area contributed by atoms with Crippen LogP contribution in [0.5, 0.6) is 0 Å². The van der Waals surface area contributed by atoms with Gasteiger partial charge in [-0.3, -0.25) is 0 Å². The first-order valence-electron chi connectivity index (χ1n) is 6.15. The van der Waals surface area contributed by atoms with Crippen molar-refractivity contribution in [2.24, 2.45) is 5.73 Å². The molecule has 0 aromatic carbocycles. The van der Waals surface area contributed by atoms with E-state index in [0.717, 1.165) is 37.7 Å². The maximum atomic E-state index is 5.63. The van der Waals surface area contributed by atoms with E-state index in [4.69, 9.17) is 5.73 Å². The fourth-order valence-electron chi connectivity index (χ4n) is 2.58. The minimum absolute atomic E-state index is 0.489. The summed E-state index contributed by atoms with van der Waals surface area (Å²) in [6.07, 6.45) is 2.19. The van der Waals surface area contributed by atoms with Crippen LogP contribution in [0.25, 0.3) is 0 Å². The van der Waals surface area contributed by atoms with Gasteiger partial charge in [-0.15, -0.1) is 10.2 Å². The molecule has 1 aromatic rings. The first-order chi connectivity index (χ1) is 7.80. The van der Waals surface area contributed by atoms with Gasteiger partial charge in [0.15, 0.2) is 0 Å². The van der Waals surface area contributed by atoms with Gasteiger partial charge in [-0.1, -0.05) is 13.8 Å². The number of aromatic nitrogens is 3. The van der Waals surface area contributed by atoms with Crippen LogP contribution < -0.4 is 5.73 Å². The van der Waals surface area contributed by atoms with Gasteiger partial charge in [0.05, 0.1) is 6.54 Å². The Bertz CT molecular complexity index is 342. The second-order valence-electron chi connectivity index (χ2n) is 4.26. The van der Waals surface area contributed by atoms with Crippen LogP contribution in [0.4, 0.5) is 0 Å². The van der Waals surface area contributed by atoms with Crippen molar-refractivity contribution in [3.05, 3.63) is 11.6 Å². The lowest BCUT2D eigenvalue weighted by molar-refractivity contribution is 0.181. The van der Waals surface area contributed by atoms with Crippen LogP contribution in [0.3, 0.4) is 0 Å². The van der Waals surface area contributed by atoms with Crippen LogP contribution in [-0.2, 0) is 19.5 Å². The molecule has 1 aromatic heterocycles. The van der Waals surface area contributed by atoms with E-state index in [0.29, 0.717) is 12.6 Å². The Morgan fingerprint density at radius 2 is 2.12 bits per heavy atom. The SMILES string of the molecule is CCN(CC)C1CCn2c(CN)nnc2C1. The lowest BCUT2D eigenvalue weighted by Gasteiger charge is -2.32. The normalized spacial score (nSPS) is 20.1. The maximum Gasteiger partial charge on any atom is 0.146 e. The summed E-state index contributed by atoms with van der Waals surface area (Å²) in [5, 5.41) is 8.37. The number of nitrogens with two attached hydrogens (primary N) is 1. The Morgan fingerprint density at radius 1 is 1.38 bits per heavy atom. The summed E-state index contributed by atoms with van der Waals surface area (Å²) in [5.41, 5.74) is 5.63. The molecule has 2 N–H and O–H groups in total. The van der Waals surface area contributed by atoms with Crippen molar-refractivity contribution >= 4 is 0 Å². The summed E-state index contributed by atoms with van der Waals surface area (Å²) in [6, 6.07) is 0.623. The van der Waals surface area contributed by atoms with E-state index in [9.17, 15) is 0 Å². The van der Waals surface area contributed by atoms with Crippen molar-refractivity contribution in [3.8, 4) is 0 Å². The van der Waals surface area contributed by atoms with Crippen LogP contribution in [0.1, 0.15) is 31.9 Å². The topological polar surface area (TPSA) is 60.0 Å². The molecule has 0 radical (unpaired) electrons. The van der Waals surface area contributed by atoms with Gasteiger partial charge in [-0.2, -0.15) is 0 Å². The van der Waals surface area contributed by atoms with Crippen LogP contribution in [-0.4, -0.2) is 38.8 Å². The van der Waals surface area contributed by atoms with Crippen molar-refractivity contribution in [1.82, 2.24) is 19.7 Å². The molecule has 1 aliphatic heterocycles. The number of hydrogen-bond acceptors (Lipinski definition) is 4. The summed E-state index contributed by atoms with van der Waals surface area (Å²) in [7, 11) is 0. The van der Waals surface area contributed by atoms with Crippen molar-refractivity contribution in [2.75, 3.05) is 13.1 Å². The minimum atomic E-state index is 0.489. The third-order valence-electron chi connectivity index (χ3n) is 3.52. The highest BCUT2D eigenvalue weighted by Gasteiger charge is 2.25. The Kier molecular flexibility index (Phi) is 3.56. The van der Waals surface area contributed by atoms with E-state index in [1.165, 1.54) is 6.42 Å². The second-order valence-corrected chi connectivity index (χ2v) is 4.26. The first-order valence-corrected chi connectivity index (χ1v) is 6.15. The summed E-state index contributed by atoms with van der Waals surface area (Å²) < 4.78 is 2.18. The van der Waals surface area contributed by atoms with E-state index in [1.807, 2.05) is 0 Å². The van der Waals surface area contributed by atoms with E-state index in [1.54, 1.807) is 0 Å². The average molecular weight is 223 g/mol. The van der Waals surface area contributed by atoms with Gasteiger partial charge < -0.3 is 15.2 Å². The molecular formula is C11H21N5. The fraction of sp³-hybridized carbons (Fsp3) is 0.818. The Balaban J connectivity index is 2.12. The third kappa shape index (κ3) is 1.97. The molecule has 1 atom stereocenters. The Labute approximate surface area is 96.6 Å². The predicted molar refractivity (Wildman–Crippen MR) is 62.9 cm³/mol. The minimum Gasteiger partial charge on any atom is -0.324 e. The lowest BCUT2D eigenvalue weighted by atomic mass is 10.0. The second kappa shape index (κ2) is 4.93. The molecule has 0 amide bonds. The molecule has 0 spiro atoms. The zero-order chi connectivity index (χ0) is 11.5. The molecule has 5 nitrogen and oxygen atoms in total. The quantitative estimate of drug-likeness (QED) is 0.802. The number of rotatable bonds is 4. The van der Waals surface area contributed by atoms with Gasteiger partial charge >= 0.3 is 0 Å².